The third-order valence-electron chi connectivity index (χ3n) is 4.35. The third-order valence-corrected chi connectivity index (χ3v) is 4.35. The van der Waals surface area contributed by atoms with Crippen LogP contribution in [0.5, 0.6) is 0 Å². The van der Waals surface area contributed by atoms with Gasteiger partial charge in [-0.3, -0.25) is 0 Å². The number of anilines is 1. The number of rotatable bonds is 5. The molecule has 0 atom stereocenters. The van der Waals surface area contributed by atoms with Gasteiger partial charge in [0.15, 0.2) is 0 Å². The Morgan fingerprint density at radius 1 is 1.05 bits per heavy atom. The van der Waals surface area contributed by atoms with Gasteiger partial charge in [-0.1, -0.05) is 52.5 Å². The Bertz CT molecular complexity index is 397. The van der Waals surface area contributed by atoms with E-state index in [0.29, 0.717) is 0 Å². The van der Waals surface area contributed by atoms with Gasteiger partial charge in [-0.15, -0.1) is 0 Å². The minimum Gasteiger partial charge on any atom is -0.369 e. The van der Waals surface area contributed by atoms with Crippen LogP contribution >= 0.6 is 0 Å². The summed E-state index contributed by atoms with van der Waals surface area (Å²) in [6, 6.07) is 4.99. The van der Waals surface area contributed by atoms with Gasteiger partial charge in [-0.25, -0.2) is 4.98 Å². The van der Waals surface area contributed by atoms with Crippen LogP contribution in [0.2, 0.25) is 0 Å². The summed E-state index contributed by atoms with van der Waals surface area (Å²) in [5.74, 6) is 0.977. The van der Waals surface area contributed by atoms with E-state index in [1.807, 2.05) is 6.20 Å². The maximum Gasteiger partial charge on any atom is 0.125 e. The molecule has 0 aliphatic heterocycles. The summed E-state index contributed by atoms with van der Waals surface area (Å²) >= 11 is 0. The summed E-state index contributed by atoms with van der Waals surface area (Å²) in [4.78, 5) is 4.51. The highest BCUT2D eigenvalue weighted by Crippen LogP contribution is 2.21. The van der Waals surface area contributed by atoms with E-state index < -0.39 is 0 Å². The molecule has 0 aromatic carbocycles. The van der Waals surface area contributed by atoms with Gasteiger partial charge in [-0.05, 0) is 29.9 Å². The van der Waals surface area contributed by atoms with Crippen molar-refractivity contribution in [3.05, 3.63) is 23.9 Å². The van der Waals surface area contributed by atoms with Crippen LogP contribution < -0.4 is 10.6 Å². The van der Waals surface area contributed by atoms with Crippen molar-refractivity contribution in [1.82, 2.24) is 10.3 Å². The van der Waals surface area contributed by atoms with Gasteiger partial charge in [0.2, 0.25) is 0 Å². The number of nitrogens with one attached hydrogen (secondary N) is 2. The van der Waals surface area contributed by atoms with E-state index in [2.05, 4.69) is 48.5 Å². The first-order valence-electron chi connectivity index (χ1n) is 8.49. The first-order chi connectivity index (χ1) is 10.1. The molecule has 0 amide bonds. The zero-order valence-corrected chi connectivity index (χ0v) is 13.9. The predicted octanol–water partition coefficient (Wildman–Crippen LogP) is 4.10. The topological polar surface area (TPSA) is 37.0 Å². The molecule has 1 fully saturated rings. The van der Waals surface area contributed by atoms with Crippen molar-refractivity contribution in [2.75, 3.05) is 18.4 Å². The van der Waals surface area contributed by atoms with Crippen molar-refractivity contribution < 1.29 is 0 Å². The maximum atomic E-state index is 4.51. The summed E-state index contributed by atoms with van der Waals surface area (Å²) < 4.78 is 0. The number of hydrogen-bond acceptors (Lipinski definition) is 3. The lowest BCUT2D eigenvalue weighted by molar-refractivity contribution is 0.468. The Hall–Kier alpha value is -1.09. The second-order valence-corrected chi connectivity index (χ2v) is 7.25. The van der Waals surface area contributed by atoms with E-state index in [4.69, 9.17) is 0 Å². The molecule has 0 spiro atoms. The molecule has 2 N–H and O–H groups in total. The normalized spacial score (nSPS) is 17.5. The minimum atomic E-state index is 0.173. The summed E-state index contributed by atoms with van der Waals surface area (Å²) in [7, 11) is 0. The van der Waals surface area contributed by atoms with Crippen molar-refractivity contribution >= 4 is 5.82 Å². The number of pyridine rings is 1. The van der Waals surface area contributed by atoms with Crippen molar-refractivity contribution in [3.8, 4) is 0 Å². The molecule has 1 saturated carbocycles. The molecule has 118 valence electrons. The van der Waals surface area contributed by atoms with Crippen LogP contribution in [0.15, 0.2) is 18.3 Å². The van der Waals surface area contributed by atoms with Crippen LogP contribution in [0.1, 0.15) is 64.9 Å². The monoisotopic (exact) mass is 289 g/mol. The van der Waals surface area contributed by atoms with Crippen LogP contribution in [0, 0.1) is 0 Å². The standard InChI is InChI=1S/C18H31N3/c1-18(2,3)15-10-11-17(21-14-15)20-13-12-19-16-8-6-4-5-7-9-16/h10-11,14,16,19H,4-9,12-13H2,1-3H3,(H,20,21). The number of nitrogens with zero attached hydrogens (tertiary/aromatic N) is 1. The van der Waals surface area contributed by atoms with E-state index >= 15 is 0 Å². The summed E-state index contributed by atoms with van der Waals surface area (Å²) in [6.07, 6.45) is 10.3. The molecular formula is C18H31N3. The lowest BCUT2D eigenvalue weighted by Gasteiger charge is -2.19. The zero-order chi connectivity index (χ0) is 15.1. The average Bonchev–Trinajstić information content (AvgIpc) is 2.72. The molecule has 0 unspecified atom stereocenters. The second-order valence-electron chi connectivity index (χ2n) is 7.25. The van der Waals surface area contributed by atoms with Crippen LogP contribution in [0.3, 0.4) is 0 Å². The first-order valence-corrected chi connectivity index (χ1v) is 8.49. The Labute approximate surface area is 129 Å². The fraction of sp³-hybridized carbons (Fsp3) is 0.722. The van der Waals surface area contributed by atoms with Crippen molar-refractivity contribution in [3.63, 3.8) is 0 Å². The fourth-order valence-electron chi connectivity index (χ4n) is 2.89. The Balaban J connectivity index is 1.68. The van der Waals surface area contributed by atoms with Gasteiger partial charge in [0, 0.05) is 25.3 Å². The molecule has 1 aliphatic rings. The Morgan fingerprint density at radius 3 is 2.33 bits per heavy atom. The smallest absolute Gasteiger partial charge is 0.125 e. The van der Waals surface area contributed by atoms with Gasteiger partial charge >= 0.3 is 0 Å². The highest BCUT2D eigenvalue weighted by atomic mass is 15.0. The molecule has 2 rings (SSSR count). The lowest BCUT2D eigenvalue weighted by Crippen LogP contribution is -2.32. The summed E-state index contributed by atoms with van der Waals surface area (Å²) in [6.45, 7) is 8.61. The van der Waals surface area contributed by atoms with Gasteiger partial charge in [-0.2, -0.15) is 0 Å². The largest absolute Gasteiger partial charge is 0.369 e. The van der Waals surface area contributed by atoms with Crippen molar-refractivity contribution in [2.24, 2.45) is 0 Å². The average molecular weight is 289 g/mol. The van der Waals surface area contributed by atoms with Gasteiger partial charge in [0.05, 0.1) is 0 Å². The van der Waals surface area contributed by atoms with E-state index in [1.54, 1.807) is 0 Å². The third kappa shape index (κ3) is 5.66. The molecule has 0 saturated heterocycles. The van der Waals surface area contributed by atoms with Crippen LogP contribution in [-0.2, 0) is 5.41 Å². The van der Waals surface area contributed by atoms with Gasteiger partial charge in [0.1, 0.15) is 5.82 Å². The SMILES string of the molecule is CC(C)(C)c1ccc(NCCNC2CCCCCC2)nc1. The minimum absolute atomic E-state index is 0.173. The highest BCUT2D eigenvalue weighted by molar-refractivity contribution is 5.37. The molecular weight excluding hydrogens is 258 g/mol. The molecule has 3 nitrogen and oxygen atoms in total. The maximum absolute atomic E-state index is 4.51. The molecule has 1 aromatic rings. The first kappa shape index (κ1) is 16.3. The van der Waals surface area contributed by atoms with Gasteiger partial charge in [0.25, 0.3) is 0 Å². The number of hydrogen-bond donors (Lipinski definition) is 2. The van der Waals surface area contributed by atoms with E-state index in [1.165, 1.54) is 44.1 Å². The Morgan fingerprint density at radius 2 is 1.76 bits per heavy atom. The molecule has 1 aromatic heterocycles. The molecule has 1 aliphatic carbocycles. The molecule has 1 heterocycles. The van der Waals surface area contributed by atoms with Gasteiger partial charge < -0.3 is 10.6 Å². The highest BCUT2D eigenvalue weighted by Gasteiger charge is 2.13. The molecule has 0 radical (unpaired) electrons. The van der Waals surface area contributed by atoms with E-state index in [0.717, 1.165) is 24.9 Å². The van der Waals surface area contributed by atoms with Crippen LogP contribution in [-0.4, -0.2) is 24.1 Å². The quantitative estimate of drug-likeness (QED) is 0.633. The fourth-order valence-corrected chi connectivity index (χ4v) is 2.89. The zero-order valence-electron chi connectivity index (χ0n) is 13.9. The lowest BCUT2D eigenvalue weighted by atomic mass is 9.88. The Kier molecular flexibility index (Phi) is 6.04. The molecule has 3 heteroatoms. The van der Waals surface area contributed by atoms with Crippen molar-refractivity contribution in [2.45, 2.75) is 70.8 Å². The van der Waals surface area contributed by atoms with Crippen molar-refractivity contribution in [1.29, 1.82) is 0 Å². The van der Waals surface area contributed by atoms with E-state index in [9.17, 15) is 0 Å². The summed E-state index contributed by atoms with van der Waals surface area (Å²) in [5.41, 5.74) is 1.46. The summed E-state index contributed by atoms with van der Waals surface area (Å²) in [5, 5.41) is 7.08. The molecule has 21 heavy (non-hydrogen) atoms. The molecule has 0 bridgehead atoms. The second kappa shape index (κ2) is 7.79. The van der Waals surface area contributed by atoms with Crippen LogP contribution in [0.25, 0.3) is 0 Å². The van der Waals surface area contributed by atoms with Crippen LogP contribution in [0.4, 0.5) is 5.82 Å². The van der Waals surface area contributed by atoms with E-state index in [-0.39, 0.29) is 5.41 Å². The predicted molar refractivity (Wildman–Crippen MR) is 90.9 cm³/mol. The number of aromatic nitrogens is 1.